The summed E-state index contributed by atoms with van der Waals surface area (Å²) in [6, 6.07) is 0. The molecule has 0 saturated heterocycles. The molecule has 0 unspecified atom stereocenters. The number of halogens is 3. The van der Waals surface area contributed by atoms with Crippen LogP contribution in [0.3, 0.4) is 0 Å². The number of alkyl halides is 3. The molecule has 13 heavy (non-hydrogen) atoms. The van der Waals surface area contributed by atoms with E-state index in [9.17, 15) is 18.0 Å². The Kier molecular flexibility index (Phi) is 2.02. The minimum absolute atomic E-state index is 0.249. The Balaban J connectivity index is 3.28. The van der Waals surface area contributed by atoms with Crippen LogP contribution in [0.2, 0.25) is 0 Å². The Labute approximate surface area is 70.5 Å². The molecule has 7 heteroatoms. The SMILES string of the molecule is Cc1nc(C(N)=O)c(C(F)(F)F)o1. The first-order chi connectivity index (χ1) is 5.82. The van der Waals surface area contributed by atoms with Gasteiger partial charge in [-0.15, -0.1) is 0 Å². The molecular weight excluding hydrogens is 189 g/mol. The number of carbonyl (C=O) groups is 1. The van der Waals surface area contributed by atoms with Gasteiger partial charge in [-0.1, -0.05) is 0 Å². The molecule has 1 aromatic heterocycles. The highest BCUT2D eigenvalue weighted by Gasteiger charge is 2.40. The van der Waals surface area contributed by atoms with Crippen molar-refractivity contribution < 1.29 is 22.4 Å². The molecule has 0 aliphatic rings. The van der Waals surface area contributed by atoms with Gasteiger partial charge in [-0.3, -0.25) is 4.79 Å². The topological polar surface area (TPSA) is 69.1 Å². The number of hydrogen-bond acceptors (Lipinski definition) is 3. The molecule has 0 atom stereocenters. The zero-order valence-corrected chi connectivity index (χ0v) is 6.47. The van der Waals surface area contributed by atoms with E-state index in [0.29, 0.717) is 0 Å². The fourth-order valence-electron chi connectivity index (χ4n) is 0.786. The molecule has 1 amide bonds. The molecule has 0 radical (unpaired) electrons. The van der Waals surface area contributed by atoms with Crippen molar-refractivity contribution >= 4 is 5.91 Å². The standard InChI is InChI=1S/C6H5F3N2O2/c1-2-11-3(5(10)12)4(13-2)6(7,8)9/h1H3,(H2,10,12). The van der Waals surface area contributed by atoms with Gasteiger partial charge >= 0.3 is 6.18 Å². The highest BCUT2D eigenvalue weighted by atomic mass is 19.4. The fourth-order valence-corrected chi connectivity index (χ4v) is 0.786. The fraction of sp³-hybridized carbons (Fsp3) is 0.333. The summed E-state index contributed by atoms with van der Waals surface area (Å²) in [7, 11) is 0. The van der Waals surface area contributed by atoms with E-state index in [1.165, 1.54) is 6.92 Å². The van der Waals surface area contributed by atoms with Gasteiger partial charge in [0.1, 0.15) is 0 Å². The second-order valence-corrected chi connectivity index (χ2v) is 2.27. The second kappa shape index (κ2) is 2.75. The summed E-state index contributed by atoms with van der Waals surface area (Å²) in [6.45, 7) is 1.20. The van der Waals surface area contributed by atoms with E-state index in [1.807, 2.05) is 0 Å². The van der Waals surface area contributed by atoms with Crippen LogP contribution in [0, 0.1) is 6.92 Å². The molecule has 0 spiro atoms. The average Bonchev–Trinajstić information content (AvgIpc) is 2.29. The number of carbonyl (C=O) groups excluding carboxylic acids is 1. The van der Waals surface area contributed by atoms with Gasteiger partial charge < -0.3 is 10.2 Å². The summed E-state index contributed by atoms with van der Waals surface area (Å²) in [5.74, 6) is -2.96. The van der Waals surface area contributed by atoms with E-state index in [1.54, 1.807) is 0 Å². The van der Waals surface area contributed by atoms with Gasteiger partial charge in [-0.25, -0.2) is 4.98 Å². The first kappa shape index (κ1) is 9.56. The van der Waals surface area contributed by atoms with Crippen LogP contribution in [0.1, 0.15) is 22.1 Å². The van der Waals surface area contributed by atoms with E-state index in [-0.39, 0.29) is 5.89 Å². The molecule has 2 N–H and O–H groups in total. The van der Waals surface area contributed by atoms with Crippen molar-refractivity contribution in [2.24, 2.45) is 5.73 Å². The van der Waals surface area contributed by atoms with Crippen LogP contribution in [0.5, 0.6) is 0 Å². The molecule has 1 rings (SSSR count). The molecule has 72 valence electrons. The molecule has 0 aliphatic heterocycles. The smallest absolute Gasteiger partial charge is 0.436 e. The Morgan fingerprint density at radius 3 is 2.38 bits per heavy atom. The first-order valence-electron chi connectivity index (χ1n) is 3.17. The summed E-state index contributed by atoms with van der Waals surface area (Å²) in [5, 5.41) is 0. The van der Waals surface area contributed by atoms with Crippen molar-refractivity contribution in [1.82, 2.24) is 4.98 Å². The van der Waals surface area contributed by atoms with Gasteiger partial charge in [0, 0.05) is 6.92 Å². The Bertz CT molecular complexity index is 342. The third-order valence-corrected chi connectivity index (χ3v) is 1.22. The zero-order chi connectivity index (χ0) is 10.2. The van der Waals surface area contributed by atoms with Crippen LogP contribution in [0.25, 0.3) is 0 Å². The maximum atomic E-state index is 12.1. The summed E-state index contributed by atoms with van der Waals surface area (Å²) in [6.07, 6.45) is -4.74. The van der Waals surface area contributed by atoms with Gasteiger partial charge in [0.05, 0.1) is 0 Å². The molecular formula is C6H5F3N2O2. The predicted molar refractivity (Wildman–Crippen MR) is 34.8 cm³/mol. The van der Waals surface area contributed by atoms with Crippen LogP contribution < -0.4 is 5.73 Å². The molecule has 1 aromatic rings. The average molecular weight is 194 g/mol. The molecule has 4 nitrogen and oxygen atoms in total. The minimum Gasteiger partial charge on any atom is -0.436 e. The number of rotatable bonds is 1. The molecule has 0 saturated carbocycles. The number of hydrogen-bond donors (Lipinski definition) is 1. The summed E-state index contributed by atoms with van der Waals surface area (Å²) in [5.41, 5.74) is 3.78. The third kappa shape index (κ3) is 1.79. The van der Waals surface area contributed by atoms with Crippen molar-refractivity contribution in [3.05, 3.63) is 17.3 Å². The van der Waals surface area contributed by atoms with E-state index >= 15 is 0 Å². The first-order valence-corrected chi connectivity index (χ1v) is 3.17. The van der Waals surface area contributed by atoms with E-state index in [0.717, 1.165) is 0 Å². The van der Waals surface area contributed by atoms with Crippen molar-refractivity contribution in [1.29, 1.82) is 0 Å². The lowest BCUT2D eigenvalue weighted by Gasteiger charge is -2.01. The largest absolute Gasteiger partial charge is 0.452 e. The molecule has 0 bridgehead atoms. The van der Waals surface area contributed by atoms with Crippen LogP contribution in [0.15, 0.2) is 4.42 Å². The van der Waals surface area contributed by atoms with Gasteiger partial charge in [0.15, 0.2) is 11.6 Å². The molecule has 1 heterocycles. The van der Waals surface area contributed by atoms with Crippen LogP contribution in [-0.4, -0.2) is 10.9 Å². The van der Waals surface area contributed by atoms with Crippen LogP contribution in [0.4, 0.5) is 13.2 Å². The van der Waals surface area contributed by atoms with Crippen molar-refractivity contribution in [3.63, 3.8) is 0 Å². The highest BCUT2D eigenvalue weighted by molar-refractivity contribution is 5.91. The van der Waals surface area contributed by atoms with E-state index < -0.39 is 23.5 Å². The lowest BCUT2D eigenvalue weighted by Crippen LogP contribution is -2.17. The van der Waals surface area contributed by atoms with Crippen LogP contribution >= 0.6 is 0 Å². The van der Waals surface area contributed by atoms with Crippen molar-refractivity contribution in [2.45, 2.75) is 13.1 Å². The quantitative estimate of drug-likeness (QED) is 0.727. The third-order valence-electron chi connectivity index (χ3n) is 1.22. The zero-order valence-electron chi connectivity index (χ0n) is 6.47. The van der Waals surface area contributed by atoms with Gasteiger partial charge in [-0.2, -0.15) is 13.2 Å². The van der Waals surface area contributed by atoms with Gasteiger partial charge in [0.2, 0.25) is 5.76 Å². The summed E-state index contributed by atoms with van der Waals surface area (Å²) < 4.78 is 40.4. The highest BCUT2D eigenvalue weighted by Crippen LogP contribution is 2.32. The molecule has 0 aromatic carbocycles. The Hall–Kier alpha value is -1.53. The molecule has 0 fully saturated rings. The predicted octanol–water partition coefficient (Wildman–Crippen LogP) is 1.10. The van der Waals surface area contributed by atoms with E-state index in [4.69, 9.17) is 0 Å². The maximum Gasteiger partial charge on any atom is 0.452 e. The van der Waals surface area contributed by atoms with Gasteiger partial charge in [0.25, 0.3) is 5.91 Å². The maximum absolute atomic E-state index is 12.1. The molecule has 0 aliphatic carbocycles. The number of aryl methyl sites for hydroxylation is 1. The van der Waals surface area contributed by atoms with Gasteiger partial charge in [-0.05, 0) is 0 Å². The van der Waals surface area contributed by atoms with Crippen LogP contribution in [-0.2, 0) is 6.18 Å². The summed E-state index contributed by atoms with van der Waals surface area (Å²) >= 11 is 0. The number of oxazole rings is 1. The number of nitrogens with zero attached hydrogens (tertiary/aromatic N) is 1. The van der Waals surface area contributed by atoms with Crippen molar-refractivity contribution in [2.75, 3.05) is 0 Å². The Morgan fingerprint density at radius 1 is 1.54 bits per heavy atom. The number of primary amides is 1. The van der Waals surface area contributed by atoms with E-state index in [2.05, 4.69) is 15.1 Å². The van der Waals surface area contributed by atoms with Crippen molar-refractivity contribution in [3.8, 4) is 0 Å². The lowest BCUT2D eigenvalue weighted by atomic mass is 10.3. The summed E-state index contributed by atoms with van der Waals surface area (Å²) in [4.78, 5) is 13.7. The normalized spacial score (nSPS) is 11.7. The lowest BCUT2D eigenvalue weighted by molar-refractivity contribution is -0.153. The number of amides is 1. The Morgan fingerprint density at radius 2 is 2.08 bits per heavy atom. The second-order valence-electron chi connectivity index (χ2n) is 2.27. The monoisotopic (exact) mass is 194 g/mol. The minimum atomic E-state index is -4.74. The number of nitrogens with two attached hydrogens (primary N) is 1. The number of aromatic nitrogens is 1.